The summed E-state index contributed by atoms with van der Waals surface area (Å²) in [7, 11) is 0. The topological polar surface area (TPSA) is 54.4 Å². The van der Waals surface area contributed by atoms with Gasteiger partial charge in [0, 0.05) is 12.0 Å². The van der Waals surface area contributed by atoms with E-state index in [-0.39, 0.29) is 0 Å². The van der Waals surface area contributed by atoms with E-state index >= 15 is 0 Å². The lowest BCUT2D eigenvalue weighted by Gasteiger charge is -2.12. The molecule has 0 radical (unpaired) electrons. The molecule has 1 rings (SSSR count). The maximum absolute atomic E-state index is 13.2. The van der Waals surface area contributed by atoms with E-state index in [0.29, 0.717) is 6.07 Å². The van der Waals surface area contributed by atoms with Crippen LogP contribution in [0.25, 0.3) is 0 Å². The highest BCUT2D eigenvalue weighted by atomic mass is 19.4. The third-order valence-corrected chi connectivity index (χ3v) is 2.00. The molecule has 1 N–H and O–H groups in total. The number of carbonyl (C=O) groups excluding carboxylic acids is 1. The van der Waals surface area contributed by atoms with Crippen LogP contribution in [-0.2, 0) is 22.2 Å². The zero-order chi connectivity index (χ0) is 13.2. The minimum atomic E-state index is -4.84. The predicted octanol–water partition coefficient (Wildman–Crippen LogP) is 2.04. The van der Waals surface area contributed by atoms with Gasteiger partial charge < -0.3 is 5.11 Å². The Hall–Kier alpha value is -1.92. The van der Waals surface area contributed by atoms with Gasteiger partial charge in [-0.15, -0.1) is 0 Å². The molecule has 1 aromatic carbocycles. The molecule has 1 aromatic rings. The van der Waals surface area contributed by atoms with Crippen LogP contribution in [0.3, 0.4) is 0 Å². The molecule has 0 saturated carbocycles. The van der Waals surface area contributed by atoms with Crippen LogP contribution in [0, 0.1) is 5.82 Å². The lowest BCUT2D eigenvalue weighted by molar-refractivity contribution is -0.149. The molecule has 92 valence electrons. The summed E-state index contributed by atoms with van der Waals surface area (Å²) in [5.74, 6) is -4.66. The van der Waals surface area contributed by atoms with Crippen molar-refractivity contribution in [1.29, 1.82) is 0 Å². The molecule has 0 unspecified atom stereocenters. The summed E-state index contributed by atoms with van der Waals surface area (Å²) in [6.07, 6.45) is -5.97. The molecule has 0 atom stereocenters. The second-order valence-electron chi connectivity index (χ2n) is 3.17. The molecule has 3 nitrogen and oxygen atoms in total. The average molecular weight is 250 g/mol. The average Bonchev–Trinajstić information content (AvgIpc) is 2.18. The first-order valence-electron chi connectivity index (χ1n) is 4.34. The number of rotatable bonds is 3. The molecular weight excluding hydrogens is 244 g/mol. The summed E-state index contributed by atoms with van der Waals surface area (Å²) in [4.78, 5) is 21.0. The summed E-state index contributed by atoms with van der Waals surface area (Å²) < 4.78 is 50.5. The standard InChI is InChI=1S/C10H6F4O3/c11-7-3-1-2-6(10(12,13)14)5(7)4-8(15)9(16)17/h1-3H,4H2,(H,16,17). The van der Waals surface area contributed by atoms with Crippen LogP contribution in [0.4, 0.5) is 17.6 Å². The van der Waals surface area contributed by atoms with Crippen molar-refractivity contribution in [3.8, 4) is 0 Å². The van der Waals surface area contributed by atoms with Gasteiger partial charge in [-0.1, -0.05) is 6.07 Å². The minimum absolute atomic E-state index is 0.591. The van der Waals surface area contributed by atoms with Gasteiger partial charge in [-0.3, -0.25) is 4.79 Å². The number of Topliss-reactive ketones (excluding diaryl/α,β-unsaturated/α-hetero) is 1. The summed E-state index contributed by atoms with van der Waals surface area (Å²) in [6, 6.07) is 2.17. The number of halogens is 4. The zero-order valence-electron chi connectivity index (χ0n) is 8.21. The van der Waals surface area contributed by atoms with E-state index in [2.05, 4.69) is 0 Å². The van der Waals surface area contributed by atoms with E-state index < -0.39 is 41.3 Å². The van der Waals surface area contributed by atoms with Crippen molar-refractivity contribution >= 4 is 11.8 Å². The first-order valence-corrected chi connectivity index (χ1v) is 4.34. The van der Waals surface area contributed by atoms with Gasteiger partial charge in [0.1, 0.15) is 5.82 Å². The fourth-order valence-electron chi connectivity index (χ4n) is 1.24. The molecule has 0 heterocycles. The van der Waals surface area contributed by atoms with Gasteiger partial charge in [-0.25, -0.2) is 9.18 Å². The van der Waals surface area contributed by atoms with Crippen LogP contribution in [0.1, 0.15) is 11.1 Å². The molecule has 7 heteroatoms. The number of hydrogen-bond acceptors (Lipinski definition) is 2. The molecule has 0 amide bonds. The van der Waals surface area contributed by atoms with Crippen molar-refractivity contribution in [3.63, 3.8) is 0 Å². The number of carbonyl (C=O) groups is 2. The number of aliphatic carboxylic acids is 1. The first kappa shape index (κ1) is 13.1. The van der Waals surface area contributed by atoms with Crippen molar-refractivity contribution in [2.24, 2.45) is 0 Å². The Balaban J connectivity index is 3.22. The molecule has 0 bridgehead atoms. The number of carboxylic acids is 1. The Kier molecular flexibility index (Phi) is 3.50. The van der Waals surface area contributed by atoms with Gasteiger partial charge in [0.2, 0.25) is 5.78 Å². The summed E-state index contributed by atoms with van der Waals surface area (Å²) in [6.45, 7) is 0. The lowest BCUT2D eigenvalue weighted by Crippen LogP contribution is -2.19. The van der Waals surface area contributed by atoms with E-state index in [0.717, 1.165) is 12.1 Å². The van der Waals surface area contributed by atoms with Gasteiger partial charge in [0.05, 0.1) is 5.56 Å². The lowest BCUT2D eigenvalue weighted by atomic mass is 10.0. The summed E-state index contributed by atoms with van der Waals surface area (Å²) in [5, 5.41) is 8.27. The van der Waals surface area contributed by atoms with Crippen LogP contribution in [0.5, 0.6) is 0 Å². The molecule has 0 spiro atoms. The van der Waals surface area contributed by atoms with Crippen LogP contribution in [0.2, 0.25) is 0 Å². The van der Waals surface area contributed by atoms with Crippen LogP contribution in [0.15, 0.2) is 18.2 Å². The Bertz CT molecular complexity index is 465. The minimum Gasteiger partial charge on any atom is -0.475 e. The van der Waals surface area contributed by atoms with Gasteiger partial charge in [0.25, 0.3) is 0 Å². The summed E-state index contributed by atoms with van der Waals surface area (Å²) >= 11 is 0. The number of ketones is 1. The monoisotopic (exact) mass is 250 g/mol. The Morgan fingerprint density at radius 1 is 1.24 bits per heavy atom. The van der Waals surface area contributed by atoms with Crippen LogP contribution in [-0.4, -0.2) is 16.9 Å². The summed E-state index contributed by atoms with van der Waals surface area (Å²) in [5.41, 5.74) is -2.29. The van der Waals surface area contributed by atoms with E-state index in [1.54, 1.807) is 0 Å². The highest BCUT2D eigenvalue weighted by Gasteiger charge is 2.35. The van der Waals surface area contributed by atoms with Gasteiger partial charge in [0.15, 0.2) is 0 Å². The quantitative estimate of drug-likeness (QED) is 0.659. The smallest absolute Gasteiger partial charge is 0.416 e. The molecule has 0 fully saturated rings. The Labute approximate surface area is 92.7 Å². The molecule has 0 aliphatic carbocycles. The van der Waals surface area contributed by atoms with Gasteiger partial charge in [-0.05, 0) is 12.1 Å². The molecule has 0 saturated heterocycles. The molecule has 0 aliphatic rings. The second kappa shape index (κ2) is 4.52. The normalized spacial score (nSPS) is 11.3. The third-order valence-electron chi connectivity index (χ3n) is 2.00. The Morgan fingerprint density at radius 2 is 1.82 bits per heavy atom. The number of hydrogen-bond donors (Lipinski definition) is 1. The second-order valence-corrected chi connectivity index (χ2v) is 3.17. The largest absolute Gasteiger partial charge is 0.475 e. The van der Waals surface area contributed by atoms with E-state index in [1.165, 1.54) is 0 Å². The SMILES string of the molecule is O=C(O)C(=O)Cc1c(F)cccc1C(F)(F)F. The maximum atomic E-state index is 13.2. The fraction of sp³-hybridized carbons (Fsp3) is 0.200. The van der Waals surface area contributed by atoms with Crippen LogP contribution >= 0.6 is 0 Å². The van der Waals surface area contributed by atoms with Crippen molar-refractivity contribution in [3.05, 3.63) is 35.1 Å². The maximum Gasteiger partial charge on any atom is 0.416 e. The molecule has 0 aliphatic heterocycles. The molecule has 0 aromatic heterocycles. The van der Waals surface area contributed by atoms with Crippen LogP contribution < -0.4 is 0 Å². The van der Waals surface area contributed by atoms with E-state index in [1.807, 2.05) is 0 Å². The highest BCUT2D eigenvalue weighted by Crippen LogP contribution is 2.33. The predicted molar refractivity (Wildman–Crippen MR) is 47.7 cm³/mol. The van der Waals surface area contributed by atoms with E-state index in [9.17, 15) is 27.2 Å². The van der Waals surface area contributed by atoms with Gasteiger partial charge >= 0.3 is 12.1 Å². The van der Waals surface area contributed by atoms with Crippen molar-refractivity contribution < 1.29 is 32.3 Å². The number of carboxylic acid groups (broad SMARTS) is 1. The molecular formula is C10H6F4O3. The van der Waals surface area contributed by atoms with E-state index in [4.69, 9.17) is 5.11 Å². The van der Waals surface area contributed by atoms with Gasteiger partial charge in [-0.2, -0.15) is 13.2 Å². The fourth-order valence-corrected chi connectivity index (χ4v) is 1.24. The zero-order valence-corrected chi connectivity index (χ0v) is 8.21. The first-order chi connectivity index (χ1) is 7.73. The van der Waals surface area contributed by atoms with Crippen molar-refractivity contribution in [2.45, 2.75) is 12.6 Å². The molecule has 17 heavy (non-hydrogen) atoms. The number of alkyl halides is 3. The van der Waals surface area contributed by atoms with Crippen molar-refractivity contribution in [1.82, 2.24) is 0 Å². The third kappa shape index (κ3) is 3.02. The van der Waals surface area contributed by atoms with Crippen molar-refractivity contribution in [2.75, 3.05) is 0 Å². The number of benzene rings is 1. The Morgan fingerprint density at radius 3 is 2.29 bits per heavy atom. The highest BCUT2D eigenvalue weighted by molar-refractivity contribution is 6.33.